The van der Waals surface area contributed by atoms with E-state index in [0.29, 0.717) is 36.0 Å². The second-order valence-electron chi connectivity index (χ2n) is 7.58. The van der Waals surface area contributed by atoms with Crippen LogP contribution in [0, 0.1) is 0 Å². The Hall–Kier alpha value is -2.66. The summed E-state index contributed by atoms with van der Waals surface area (Å²) in [6, 6.07) is 20.8. The van der Waals surface area contributed by atoms with Crippen LogP contribution in [0.25, 0.3) is 33.5 Å². The van der Waals surface area contributed by atoms with E-state index in [9.17, 15) is 14.7 Å². The van der Waals surface area contributed by atoms with E-state index in [-0.39, 0.29) is 64.7 Å². The molecular formula is C25H22N4Na2O5. The summed E-state index contributed by atoms with van der Waals surface area (Å²) in [6.45, 7) is 2.65. The van der Waals surface area contributed by atoms with Crippen LogP contribution in [-0.4, -0.2) is 96.5 Å². The molecule has 0 aliphatic rings. The van der Waals surface area contributed by atoms with Gasteiger partial charge in [0.05, 0.1) is 29.7 Å². The molecule has 2 heterocycles. The number of para-hydroxylation sites is 1. The van der Waals surface area contributed by atoms with E-state index in [1.165, 1.54) is 0 Å². The first-order valence-corrected chi connectivity index (χ1v) is 10.6. The number of aromatic amines is 1. The topological polar surface area (TPSA) is 123 Å². The predicted octanol–water partition coefficient (Wildman–Crippen LogP) is 2.89. The summed E-state index contributed by atoms with van der Waals surface area (Å²) >= 11 is 0. The summed E-state index contributed by atoms with van der Waals surface area (Å²) in [5, 5.41) is 13.5. The number of carboxylic acid groups (broad SMARTS) is 1. The van der Waals surface area contributed by atoms with Crippen molar-refractivity contribution in [2.24, 2.45) is 0 Å². The fourth-order valence-corrected chi connectivity index (χ4v) is 3.98. The van der Waals surface area contributed by atoms with Crippen LogP contribution < -0.4 is 10.5 Å². The van der Waals surface area contributed by atoms with Crippen molar-refractivity contribution in [2.75, 3.05) is 6.61 Å². The van der Waals surface area contributed by atoms with Crippen LogP contribution in [0.15, 0.2) is 76.0 Å². The summed E-state index contributed by atoms with van der Waals surface area (Å²) < 4.78 is 12.1. The molecular weight excluding hydrogens is 482 g/mol. The normalized spacial score (nSPS) is 10.5. The molecule has 36 heavy (non-hydrogen) atoms. The van der Waals surface area contributed by atoms with E-state index in [0.717, 1.165) is 22.3 Å². The molecule has 0 fully saturated rings. The first kappa shape index (κ1) is 27.9. The molecule has 0 saturated heterocycles. The molecule has 0 bridgehead atoms. The number of hydrogen-bond acceptors (Lipinski definition) is 6. The monoisotopic (exact) mass is 504 g/mol. The molecule has 3 aromatic carbocycles. The van der Waals surface area contributed by atoms with Gasteiger partial charge in [0.2, 0.25) is 0 Å². The number of H-pyrrole nitrogens is 1. The zero-order valence-electron chi connectivity index (χ0n) is 18.2. The average Bonchev–Trinajstić information content (AvgIpc) is 3.43. The molecule has 5 aromatic rings. The van der Waals surface area contributed by atoms with Crippen molar-refractivity contribution in [1.82, 2.24) is 19.7 Å². The van der Waals surface area contributed by atoms with Gasteiger partial charge in [0, 0.05) is 5.56 Å². The van der Waals surface area contributed by atoms with Crippen LogP contribution >= 0.6 is 0 Å². The standard InChI is InChI=1S/C25H20N4O5.2Na.2H/c1-2-33-24-26-20-9-5-8-19(23(30)31)21(20)29(24)14-15-10-12-16(13-11-15)17-6-3-4-7-18(17)22-27-25(32)34-28-22;;;;/h3-13H,2,14H2,1H3,(H,30,31)(H,27,28,32);;;;. The molecule has 0 aliphatic carbocycles. The Kier molecular flexibility index (Phi) is 9.35. The molecule has 2 aromatic heterocycles. The Morgan fingerprint density at radius 3 is 2.39 bits per heavy atom. The Bertz CT molecular complexity index is 1560. The number of nitrogens with zero attached hydrogens (tertiary/aromatic N) is 3. The molecule has 2 N–H and O–H groups in total. The first-order valence-electron chi connectivity index (χ1n) is 10.6. The van der Waals surface area contributed by atoms with Gasteiger partial charge in [0.1, 0.15) is 0 Å². The number of imidazole rings is 1. The van der Waals surface area contributed by atoms with Crippen LogP contribution in [0.5, 0.6) is 6.01 Å². The van der Waals surface area contributed by atoms with Crippen LogP contribution in [0.3, 0.4) is 0 Å². The second kappa shape index (κ2) is 12.1. The second-order valence-corrected chi connectivity index (χ2v) is 7.58. The van der Waals surface area contributed by atoms with E-state index in [1.807, 2.05) is 55.5 Å². The quantitative estimate of drug-likeness (QED) is 0.327. The van der Waals surface area contributed by atoms with Gasteiger partial charge >= 0.3 is 70.8 Å². The minimum atomic E-state index is -1.02. The number of carboxylic acids is 1. The molecule has 0 radical (unpaired) electrons. The molecule has 0 atom stereocenters. The Labute approximate surface area is 250 Å². The fraction of sp³-hybridized carbons (Fsp3) is 0.120. The van der Waals surface area contributed by atoms with Gasteiger partial charge in [-0.3, -0.25) is 14.1 Å². The number of benzene rings is 3. The predicted molar refractivity (Wildman–Crippen MR) is 139 cm³/mol. The van der Waals surface area contributed by atoms with Crippen molar-refractivity contribution in [3.8, 4) is 28.5 Å². The molecule has 0 spiro atoms. The number of rotatable bonds is 7. The fourth-order valence-electron chi connectivity index (χ4n) is 3.98. The number of aromatic nitrogens is 4. The van der Waals surface area contributed by atoms with Crippen molar-refractivity contribution in [2.45, 2.75) is 13.5 Å². The molecule has 174 valence electrons. The Balaban J connectivity index is 0.00000180. The van der Waals surface area contributed by atoms with E-state index in [1.54, 1.807) is 22.8 Å². The SMILES string of the molecule is CCOc1nc2cccc(C(=O)O)c2n1Cc1ccc(-c2ccccc2-c2noc(=O)[nH]2)cc1.[NaH].[NaH]. The number of hydrogen-bond donors (Lipinski definition) is 2. The molecule has 5 rings (SSSR count). The summed E-state index contributed by atoms with van der Waals surface area (Å²) in [6.07, 6.45) is 0. The summed E-state index contributed by atoms with van der Waals surface area (Å²) in [5.74, 6) is -1.27. The van der Waals surface area contributed by atoms with Gasteiger partial charge in [0.25, 0.3) is 6.01 Å². The van der Waals surface area contributed by atoms with Crippen LogP contribution in [0.4, 0.5) is 0 Å². The molecule has 11 heteroatoms. The van der Waals surface area contributed by atoms with E-state index in [2.05, 4.69) is 19.6 Å². The van der Waals surface area contributed by atoms with Crippen LogP contribution in [0.1, 0.15) is 22.8 Å². The van der Waals surface area contributed by atoms with Gasteiger partial charge in [-0.1, -0.05) is 59.8 Å². The minimum absolute atomic E-state index is 0. The van der Waals surface area contributed by atoms with Crippen molar-refractivity contribution >= 4 is 76.1 Å². The Morgan fingerprint density at radius 2 is 1.75 bits per heavy atom. The van der Waals surface area contributed by atoms with E-state index < -0.39 is 11.7 Å². The molecule has 0 saturated carbocycles. The molecule has 0 amide bonds. The number of aromatic carboxylic acids is 1. The zero-order chi connectivity index (χ0) is 23.7. The van der Waals surface area contributed by atoms with E-state index in [4.69, 9.17) is 4.74 Å². The van der Waals surface area contributed by atoms with Crippen molar-refractivity contribution in [3.05, 3.63) is 88.4 Å². The summed E-state index contributed by atoms with van der Waals surface area (Å²) in [4.78, 5) is 30.3. The number of carbonyl (C=O) groups is 1. The van der Waals surface area contributed by atoms with E-state index >= 15 is 0 Å². The Morgan fingerprint density at radius 1 is 1.03 bits per heavy atom. The van der Waals surface area contributed by atoms with Gasteiger partial charge in [-0.15, -0.1) is 0 Å². The third-order valence-electron chi connectivity index (χ3n) is 5.46. The first-order chi connectivity index (χ1) is 16.5. The third kappa shape index (κ3) is 5.51. The summed E-state index contributed by atoms with van der Waals surface area (Å²) in [7, 11) is 0. The maximum atomic E-state index is 11.8. The maximum absolute atomic E-state index is 11.8. The van der Waals surface area contributed by atoms with Crippen LogP contribution in [-0.2, 0) is 6.54 Å². The van der Waals surface area contributed by atoms with Gasteiger partial charge in [-0.2, -0.15) is 4.98 Å². The third-order valence-corrected chi connectivity index (χ3v) is 5.46. The van der Waals surface area contributed by atoms with Crippen molar-refractivity contribution in [1.29, 1.82) is 0 Å². The molecule has 0 unspecified atom stereocenters. The number of ether oxygens (including phenoxy) is 1. The van der Waals surface area contributed by atoms with Gasteiger partial charge in [-0.05, 0) is 35.7 Å². The average molecular weight is 504 g/mol. The van der Waals surface area contributed by atoms with Crippen molar-refractivity contribution in [3.63, 3.8) is 0 Å². The molecule has 9 nitrogen and oxygen atoms in total. The van der Waals surface area contributed by atoms with Gasteiger partial charge in [-0.25, -0.2) is 9.59 Å². The number of nitrogens with one attached hydrogen (secondary N) is 1. The number of fused-ring (bicyclic) bond motifs is 1. The van der Waals surface area contributed by atoms with Gasteiger partial charge in [0.15, 0.2) is 5.82 Å². The van der Waals surface area contributed by atoms with Crippen molar-refractivity contribution < 1.29 is 19.2 Å². The zero-order valence-corrected chi connectivity index (χ0v) is 18.2. The van der Waals surface area contributed by atoms with Crippen LogP contribution in [0.2, 0.25) is 0 Å². The molecule has 0 aliphatic heterocycles. The van der Waals surface area contributed by atoms with Gasteiger partial charge < -0.3 is 9.84 Å². The summed E-state index contributed by atoms with van der Waals surface area (Å²) in [5.41, 5.74) is 4.74.